The number of furan rings is 1. The van der Waals surface area contributed by atoms with Crippen LogP contribution in [0.4, 0.5) is 10.8 Å². The predicted molar refractivity (Wildman–Crippen MR) is 101 cm³/mol. The van der Waals surface area contributed by atoms with Gasteiger partial charge in [-0.25, -0.2) is 0 Å². The van der Waals surface area contributed by atoms with Crippen LogP contribution in [0.15, 0.2) is 51.4 Å². The number of carbonyl (C=O) groups excluding carboxylic acids is 2. The maximum atomic E-state index is 12.6. The van der Waals surface area contributed by atoms with Gasteiger partial charge in [0.1, 0.15) is 5.76 Å². The summed E-state index contributed by atoms with van der Waals surface area (Å²) in [6, 6.07) is 9.54. The third-order valence-corrected chi connectivity index (χ3v) is 5.91. The predicted octanol–water partition coefficient (Wildman–Crippen LogP) is 1.82. The van der Waals surface area contributed by atoms with E-state index in [2.05, 4.69) is 25.6 Å². The standard InChI is InChI=1S/C16H15N5O5S2/c1-10(22)18-15-19-20-16(27-15)28(24,25)21-13-7-3-2-6-12(13)14(23)17-9-11-5-4-8-26-11/h2-8,21H,9H2,1H3,(H,17,23)(H,18,19,22). The molecule has 146 valence electrons. The number of benzene rings is 1. The summed E-state index contributed by atoms with van der Waals surface area (Å²) in [7, 11) is -4.10. The third kappa shape index (κ3) is 4.72. The van der Waals surface area contributed by atoms with Crippen LogP contribution in [0, 0.1) is 0 Å². The molecule has 0 saturated heterocycles. The van der Waals surface area contributed by atoms with Gasteiger partial charge in [-0.2, -0.15) is 8.42 Å². The monoisotopic (exact) mass is 421 g/mol. The van der Waals surface area contributed by atoms with Crippen LogP contribution in [-0.2, 0) is 21.4 Å². The third-order valence-electron chi connectivity index (χ3n) is 3.34. The lowest BCUT2D eigenvalue weighted by atomic mass is 10.1. The second-order valence-electron chi connectivity index (χ2n) is 5.47. The van der Waals surface area contributed by atoms with Gasteiger partial charge in [-0.15, -0.1) is 10.2 Å². The molecule has 1 aromatic carbocycles. The normalized spacial score (nSPS) is 11.0. The highest BCUT2D eigenvalue weighted by molar-refractivity contribution is 7.94. The number of para-hydroxylation sites is 1. The lowest BCUT2D eigenvalue weighted by molar-refractivity contribution is -0.114. The van der Waals surface area contributed by atoms with Crippen molar-refractivity contribution in [1.29, 1.82) is 0 Å². The Hall–Kier alpha value is -3.25. The Morgan fingerprint density at radius 1 is 1.14 bits per heavy atom. The Kier molecular flexibility index (Phi) is 5.70. The van der Waals surface area contributed by atoms with Gasteiger partial charge >= 0.3 is 0 Å². The first-order valence-corrected chi connectivity index (χ1v) is 10.2. The summed E-state index contributed by atoms with van der Waals surface area (Å²) in [5.41, 5.74) is 0.208. The summed E-state index contributed by atoms with van der Waals surface area (Å²) >= 11 is 0.693. The molecular formula is C16H15N5O5S2. The van der Waals surface area contributed by atoms with Crippen molar-refractivity contribution in [3.8, 4) is 0 Å². The van der Waals surface area contributed by atoms with Crippen LogP contribution in [0.5, 0.6) is 0 Å². The number of sulfonamides is 1. The molecule has 0 fully saturated rings. The molecule has 3 N–H and O–H groups in total. The van der Waals surface area contributed by atoms with E-state index in [9.17, 15) is 18.0 Å². The number of hydrogen-bond acceptors (Lipinski definition) is 8. The van der Waals surface area contributed by atoms with Crippen molar-refractivity contribution in [1.82, 2.24) is 15.5 Å². The van der Waals surface area contributed by atoms with E-state index in [1.54, 1.807) is 24.3 Å². The van der Waals surface area contributed by atoms with Gasteiger partial charge in [0.05, 0.1) is 24.1 Å². The zero-order chi connectivity index (χ0) is 20.1. The minimum absolute atomic E-state index is 0.0531. The van der Waals surface area contributed by atoms with Gasteiger partial charge in [0.15, 0.2) is 0 Å². The number of carbonyl (C=O) groups is 2. The van der Waals surface area contributed by atoms with Crippen molar-refractivity contribution in [2.24, 2.45) is 0 Å². The number of anilines is 2. The SMILES string of the molecule is CC(=O)Nc1nnc(S(=O)(=O)Nc2ccccc2C(=O)NCc2ccco2)s1. The van der Waals surface area contributed by atoms with Crippen molar-refractivity contribution in [2.75, 3.05) is 10.0 Å². The fraction of sp³-hybridized carbons (Fsp3) is 0.125. The first kappa shape index (κ1) is 19.5. The van der Waals surface area contributed by atoms with Crippen LogP contribution < -0.4 is 15.4 Å². The highest BCUT2D eigenvalue weighted by atomic mass is 32.2. The van der Waals surface area contributed by atoms with Gasteiger partial charge in [0.2, 0.25) is 11.0 Å². The minimum atomic E-state index is -4.10. The molecule has 0 atom stereocenters. The number of aromatic nitrogens is 2. The Balaban J connectivity index is 1.77. The quantitative estimate of drug-likeness (QED) is 0.494. The van der Waals surface area contributed by atoms with Crippen molar-refractivity contribution in [3.05, 3.63) is 54.0 Å². The van der Waals surface area contributed by atoms with E-state index >= 15 is 0 Å². The molecule has 0 spiro atoms. The second kappa shape index (κ2) is 8.19. The van der Waals surface area contributed by atoms with Crippen LogP contribution >= 0.6 is 11.3 Å². The maximum Gasteiger partial charge on any atom is 0.291 e. The molecule has 0 unspecified atom stereocenters. The van der Waals surface area contributed by atoms with E-state index in [-0.39, 0.29) is 27.3 Å². The molecule has 2 heterocycles. The highest BCUT2D eigenvalue weighted by Gasteiger charge is 2.23. The van der Waals surface area contributed by atoms with Crippen LogP contribution in [0.25, 0.3) is 0 Å². The van der Waals surface area contributed by atoms with Gasteiger partial charge in [-0.05, 0) is 24.3 Å². The molecule has 0 aliphatic carbocycles. The molecule has 0 bridgehead atoms. The van der Waals surface area contributed by atoms with Crippen molar-refractivity contribution < 1.29 is 22.4 Å². The molecular weight excluding hydrogens is 406 g/mol. The molecule has 0 aliphatic rings. The van der Waals surface area contributed by atoms with Gasteiger partial charge in [-0.3, -0.25) is 14.3 Å². The van der Waals surface area contributed by atoms with Crippen LogP contribution in [-0.4, -0.2) is 30.4 Å². The zero-order valence-corrected chi connectivity index (χ0v) is 16.1. The number of nitrogens with one attached hydrogen (secondary N) is 3. The van der Waals surface area contributed by atoms with Gasteiger partial charge < -0.3 is 15.1 Å². The molecule has 10 nitrogen and oxygen atoms in total. The molecule has 3 rings (SSSR count). The summed E-state index contributed by atoms with van der Waals surface area (Å²) in [6.45, 7) is 1.43. The summed E-state index contributed by atoms with van der Waals surface area (Å²) in [4.78, 5) is 23.5. The Morgan fingerprint density at radius 3 is 2.64 bits per heavy atom. The van der Waals surface area contributed by atoms with Crippen molar-refractivity contribution in [3.63, 3.8) is 0 Å². The molecule has 2 amide bonds. The average molecular weight is 421 g/mol. The second-order valence-corrected chi connectivity index (χ2v) is 8.30. The molecule has 0 radical (unpaired) electrons. The van der Waals surface area contributed by atoms with E-state index in [0.717, 1.165) is 0 Å². The molecule has 3 aromatic rings. The lowest BCUT2D eigenvalue weighted by Crippen LogP contribution is -2.24. The van der Waals surface area contributed by atoms with Gasteiger partial charge in [0.25, 0.3) is 20.3 Å². The Labute approximate surface area is 164 Å². The lowest BCUT2D eigenvalue weighted by Gasteiger charge is -2.11. The first-order valence-electron chi connectivity index (χ1n) is 7.88. The van der Waals surface area contributed by atoms with Crippen LogP contribution in [0.2, 0.25) is 0 Å². The van der Waals surface area contributed by atoms with Gasteiger partial charge in [-0.1, -0.05) is 23.5 Å². The zero-order valence-electron chi connectivity index (χ0n) is 14.5. The van der Waals surface area contributed by atoms with Crippen molar-refractivity contribution >= 4 is 44.0 Å². The Bertz CT molecular complexity index is 1090. The summed E-state index contributed by atoms with van der Waals surface area (Å²) in [5, 5.41) is 12.2. The van der Waals surface area contributed by atoms with Crippen LogP contribution in [0.3, 0.4) is 0 Å². The first-order chi connectivity index (χ1) is 13.3. The number of rotatable bonds is 7. The molecule has 2 aromatic heterocycles. The number of hydrogen-bond donors (Lipinski definition) is 3. The molecule has 0 aliphatic heterocycles. The highest BCUT2D eigenvalue weighted by Crippen LogP contribution is 2.24. The molecule has 12 heteroatoms. The summed E-state index contributed by atoms with van der Waals surface area (Å²) < 4.78 is 32.2. The molecule has 0 saturated carbocycles. The number of amides is 2. The van der Waals surface area contributed by atoms with E-state index in [4.69, 9.17) is 4.42 Å². The van der Waals surface area contributed by atoms with Crippen LogP contribution in [0.1, 0.15) is 23.0 Å². The van der Waals surface area contributed by atoms with E-state index in [1.165, 1.54) is 25.3 Å². The maximum absolute atomic E-state index is 12.6. The fourth-order valence-electron chi connectivity index (χ4n) is 2.15. The minimum Gasteiger partial charge on any atom is -0.467 e. The Morgan fingerprint density at radius 2 is 1.93 bits per heavy atom. The largest absolute Gasteiger partial charge is 0.467 e. The van der Waals surface area contributed by atoms with E-state index in [0.29, 0.717) is 17.1 Å². The number of nitrogens with zero attached hydrogens (tertiary/aromatic N) is 2. The smallest absolute Gasteiger partial charge is 0.291 e. The van der Waals surface area contributed by atoms with Gasteiger partial charge in [0, 0.05) is 6.92 Å². The summed E-state index contributed by atoms with van der Waals surface area (Å²) in [6.07, 6.45) is 1.49. The fourth-order valence-corrected chi connectivity index (χ4v) is 4.18. The topological polar surface area (TPSA) is 143 Å². The molecule has 28 heavy (non-hydrogen) atoms. The van der Waals surface area contributed by atoms with E-state index < -0.39 is 21.8 Å². The summed E-state index contributed by atoms with van der Waals surface area (Å²) in [5.74, 6) is -0.316. The van der Waals surface area contributed by atoms with E-state index in [1.807, 2.05) is 0 Å². The average Bonchev–Trinajstić information content (AvgIpc) is 3.31. The van der Waals surface area contributed by atoms with Crippen molar-refractivity contribution in [2.45, 2.75) is 17.8 Å².